The maximum Gasteiger partial charge on any atom is 0.268 e. The standard InChI is InChI=1S/C20H23F2N3O3/c1-19(2,27)13-9-11-16(15(22)14(13)21)24-18(26)12(10-23)17(11)25-7-5-20(3,28-4)6-8-25/h9,27H,5-8H2,1-4H3,(H,24,26). The number of methoxy groups -OCH3 is 1. The predicted octanol–water partition coefficient (Wildman–Crippen LogP) is 2.91. The Labute approximate surface area is 161 Å². The average molecular weight is 391 g/mol. The first-order valence-corrected chi connectivity index (χ1v) is 9.03. The van der Waals surface area contributed by atoms with Crippen LogP contribution in [-0.4, -0.2) is 35.9 Å². The van der Waals surface area contributed by atoms with Crippen molar-refractivity contribution >= 4 is 16.6 Å². The summed E-state index contributed by atoms with van der Waals surface area (Å²) in [5, 5.41) is 20.0. The SMILES string of the molecule is COC1(C)CCN(c2c(C#N)c(=O)[nH]c3c(F)c(F)c(C(C)(C)O)cc23)CC1. The minimum absolute atomic E-state index is 0.166. The number of nitrogens with zero attached hydrogens (tertiary/aromatic N) is 2. The van der Waals surface area contributed by atoms with E-state index in [1.54, 1.807) is 7.11 Å². The Hall–Kier alpha value is -2.50. The molecule has 0 amide bonds. The van der Waals surface area contributed by atoms with Crippen LogP contribution in [0.4, 0.5) is 14.5 Å². The van der Waals surface area contributed by atoms with Gasteiger partial charge in [-0.05, 0) is 39.7 Å². The number of pyridine rings is 1. The average Bonchev–Trinajstić information content (AvgIpc) is 2.64. The van der Waals surface area contributed by atoms with Gasteiger partial charge in [0, 0.05) is 31.1 Å². The zero-order chi connectivity index (χ0) is 20.9. The summed E-state index contributed by atoms with van der Waals surface area (Å²) in [7, 11) is 1.63. The van der Waals surface area contributed by atoms with E-state index in [0.717, 1.165) is 0 Å². The van der Waals surface area contributed by atoms with Crippen molar-refractivity contribution in [1.82, 2.24) is 4.98 Å². The Morgan fingerprint density at radius 1 is 1.32 bits per heavy atom. The number of fused-ring (bicyclic) bond motifs is 1. The fraction of sp³-hybridized carbons (Fsp3) is 0.500. The van der Waals surface area contributed by atoms with Crippen LogP contribution >= 0.6 is 0 Å². The highest BCUT2D eigenvalue weighted by molar-refractivity contribution is 5.95. The van der Waals surface area contributed by atoms with E-state index >= 15 is 0 Å². The molecule has 2 aromatic rings. The second kappa shape index (κ2) is 6.83. The number of anilines is 1. The van der Waals surface area contributed by atoms with Crippen LogP contribution in [0.25, 0.3) is 10.9 Å². The van der Waals surface area contributed by atoms with E-state index in [-0.39, 0.29) is 33.3 Å². The van der Waals surface area contributed by atoms with Gasteiger partial charge in [-0.3, -0.25) is 4.79 Å². The van der Waals surface area contributed by atoms with E-state index in [9.17, 15) is 23.9 Å². The quantitative estimate of drug-likeness (QED) is 0.840. The zero-order valence-electron chi connectivity index (χ0n) is 16.3. The van der Waals surface area contributed by atoms with Gasteiger partial charge < -0.3 is 19.7 Å². The third-order valence-electron chi connectivity index (χ3n) is 5.57. The molecule has 1 aliphatic heterocycles. The molecule has 1 aromatic carbocycles. The summed E-state index contributed by atoms with van der Waals surface area (Å²) >= 11 is 0. The molecule has 6 nitrogen and oxygen atoms in total. The third-order valence-corrected chi connectivity index (χ3v) is 5.57. The van der Waals surface area contributed by atoms with Crippen molar-refractivity contribution in [2.75, 3.05) is 25.1 Å². The third kappa shape index (κ3) is 3.25. The van der Waals surface area contributed by atoms with Crippen molar-refractivity contribution in [2.45, 2.75) is 44.8 Å². The van der Waals surface area contributed by atoms with Gasteiger partial charge >= 0.3 is 0 Å². The molecule has 2 heterocycles. The fourth-order valence-corrected chi connectivity index (χ4v) is 3.64. The van der Waals surface area contributed by atoms with Crippen molar-refractivity contribution in [3.8, 4) is 6.07 Å². The van der Waals surface area contributed by atoms with Gasteiger partial charge in [0.1, 0.15) is 11.6 Å². The van der Waals surface area contributed by atoms with E-state index in [2.05, 4.69) is 4.98 Å². The fourth-order valence-electron chi connectivity index (χ4n) is 3.64. The van der Waals surface area contributed by atoms with Crippen LogP contribution < -0.4 is 10.5 Å². The molecule has 1 aromatic heterocycles. The molecular weight excluding hydrogens is 368 g/mol. The van der Waals surface area contributed by atoms with Gasteiger partial charge in [-0.25, -0.2) is 8.78 Å². The summed E-state index contributed by atoms with van der Waals surface area (Å²) in [5.41, 5.74) is -3.21. The molecule has 0 radical (unpaired) electrons. The molecule has 2 N–H and O–H groups in total. The molecule has 3 rings (SSSR count). The van der Waals surface area contributed by atoms with Crippen LogP contribution in [0.15, 0.2) is 10.9 Å². The number of benzene rings is 1. The highest BCUT2D eigenvalue weighted by atomic mass is 19.2. The molecule has 0 spiro atoms. The number of nitrogens with one attached hydrogen (secondary N) is 1. The van der Waals surface area contributed by atoms with Gasteiger partial charge in [0.05, 0.1) is 22.4 Å². The first-order valence-electron chi connectivity index (χ1n) is 9.03. The van der Waals surface area contributed by atoms with Crippen LogP contribution in [0, 0.1) is 23.0 Å². The highest BCUT2D eigenvalue weighted by Gasteiger charge is 2.33. The predicted molar refractivity (Wildman–Crippen MR) is 101 cm³/mol. The Kier molecular flexibility index (Phi) is 4.94. The molecule has 0 aliphatic carbocycles. The summed E-state index contributed by atoms with van der Waals surface area (Å²) in [4.78, 5) is 16.5. The summed E-state index contributed by atoms with van der Waals surface area (Å²) in [6.07, 6.45) is 1.29. The largest absolute Gasteiger partial charge is 0.386 e. The van der Waals surface area contributed by atoms with Crippen LogP contribution in [-0.2, 0) is 10.3 Å². The first kappa shape index (κ1) is 20.2. The summed E-state index contributed by atoms with van der Waals surface area (Å²) in [6.45, 7) is 5.63. The molecule has 150 valence electrons. The van der Waals surface area contributed by atoms with Gasteiger partial charge in [0.25, 0.3) is 5.56 Å². The number of hydrogen-bond donors (Lipinski definition) is 2. The molecule has 1 aliphatic rings. The maximum atomic E-state index is 14.8. The van der Waals surface area contributed by atoms with Crippen LogP contribution in [0.3, 0.4) is 0 Å². The Balaban J connectivity index is 2.30. The Morgan fingerprint density at radius 2 is 1.93 bits per heavy atom. The monoisotopic (exact) mass is 391 g/mol. The molecule has 1 fully saturated rings. The minimum Gasteiger partial charge on any atom is -0.386 e. The number of hydrogen-bond acceptors (Lipinski definition) is 5. The molecule has 0 unspecified atom stereocenters. The van der Waals surface area contributed by atoms with Crippen LogP contribution in [0.5, 0.6) is 0 Å². The van der Waals surface area contributed by atoms with Crippen molar-refractivity contribution < 1.29 is 18.6 Å². The van der Waals surface area contributed by atoms with Gasteiger partial charge in [-0.2, -0.15) is 5.26 Å². The minimum atomic E-state index is -1.64. The lowest BCUT2D eigenvalue weighted by Crippen LogP contribution is -2.44. The lowest BCUT2D eigenvalue weighted by atomic mass is 9.91. The van der Waals surface area contributed by atoms with Crippen LogP contribution in [0.1, 0.15) is 44.7 Å². The number of aliphatic hydroxyl groups is 1. The Bertz CT molecular complexity index is 1030. The van der Waals surface area contributed by atoms with E-state index in [1.807, 2.05) is 17.9 Å². The molecule has 0 saturated carbocycles. The summed E-state index contributed by atoms with van der Waals surface area (Å²) in [6, 6.07) is 3.19. The molecule has 28 heavy (non-hydrogen) atoms. The van der Waals surface area contributed by atoms with E-state index in [4.69, 9.17) is 4.74 Å². The Morgan fingerprint density at radius 3 is 2.43 bits per heavy atom. The topological polar surface area (TPSA) is 89.4 Å². The smallest absolute Gasteiger partial charge is 0.268 e. The van der Waals surface area contributed by atoms with Gasteiger partial charge in [0.2, 0.25) is 0 Å². The van der Waals surface area contributed by atoms with E-state index in [1.165, 1.54) is 19.9 Å². The zero-order valence-corrected chi connectivity index (χ0v) is 16.3. The summed E-state index contributed by atoms with van der Waals surface area (Å²) in [5.74, 6) is -2.48. The van der Waals surface area contributed by atoms with Gasteiger partial charge in [0.15, 0.2) is 11.6 Å². The first-order chi connectivity index (χ1) is 13.0. The second-order valence-corrected chi connectivity index (χ2v) is 7.96. The molecule has 0 atom stereocenters. The van der Waals surface area contributed by atoms with Crippen molar-refractivity contribution in [3.05, 3.63) is 39.2 Å². The molecular formula is C20H23F2N3O3. The van der Waals surface area contributed by atoms with Gasteiger partial charge in [-0.1, -0.05) is 0 Å². The number of rotatable bonds is 3. The number of nitriles is 1. The van der Waals surface area contributed by atoms with Crippen molar-refractivity contribution in [2.24, 2.45) is 0 Å². The van der Waals surface area contributed by atoms with E-state index < -0.39 is 22.8 Å². The lowest BCUT2D eigenvalue weighted by Gasteiger charge is -2.40. The van der Waals surface area contributed by atoms with Crippen molar-refractivity contribution in [1.29, 1.82) is 5.26 Å². The second-order valence-electron chi connectivity index (χ2n) is 7.96. The number of piperidine rings is 1. The number of aromatic amines is 1. The van der Waals surface area contributed by atoms with E-state index in [0.29, 0.717) is 25.9 Å². The number of aromatic nitrogens is 1. The number of ether oxygens (including phenoxy) is 1. The number of H-pyrrole nitrogens is 1. The van der Waals surface area contributed by atoms with Gasteiger partial charge in [-0.15, -0.1) is 0 Å². The highest BCUT2D eigenvalue weighted by Crippen LogP contribution is 2.37. The van der Waals surface area contributed by atoms with Crippen LogP contribution in [0.2, 0.25) is 0 Å². The maximum absolute atomic E-state index is 14.8. The summed E-state index contributed by atoms with van der Waals surface area (Å²) < 4.78 is 34.8. The van der Waals surface area contributed by atoms with Crippen molar-refractivity contribution in [3.63, 3.8) is 0 Å². The molecule has 0 bridgehead atoms. The molecule has 1 saturated heterocycles. The lowest BCUT2D eigenvalue weighted by molar-refractivity contribution is -0.0132. The number of halogens is 2. The molecule has 8 heteroatoms. The normalized spacial score (nSPS) is 17.0.